The summed E-state index contributed by atoms with van der Waals surface area (Å²) < 4.78 is 0. The van der Waals surface area contributed by atoms with Crippen molar-refractivity contribution in [3.05, 3.63) is 12.7 Å². The Hall–Kier alpha value is -0.260. The molecule has 1 aliphatic rings. The van der Waals surface area contributed by atoms with Crippen molar-refractivity contribution < 1.29 is 0 Å². The Balaban J connectivity index is 2.12. The Bertz CT molecular complexity index is 80.0. The van der Waals surface area contributed by atoms with Gasteiger partial charge >= 0.3 is 0 Å². The van der Waals surface area contributed by atoms with E-state index in [-0.39, 0.29) is 0 Å². The van der Waals surface area contributed by atoms with Crippen molar-refractivity contribution in [1.82, 2.24) is 0 Å². The number of hydrogen-bond donors (Lipinski definition) is 0. The van der Waals surface area contributed by atoms with Crippen LogP contribution in [0.3, 0.4) is 0 Å². The molecule has 0 N–H and O–H groups in total. The number of hydrogen-bond acceptors (Lipinski definition) is 0. The van der Waals surface area contributed by atoms with Gasteiger partial charge in [0.1, 0.15) is 0 Å². The minimum atomic E-state index is 0.910. The smallest absolute Gasteiger partial charge is 0.0325 e. The lowest BCUT2D eigenvalue weighted by Gasteiger charge is -2.02. The molecule has 1 rings (SSSR count). The van der Waals surface area contributed by atoms with E-state index in [4.69, 9.17) is 0 Å². The summed E-state index contributed by atoms with van der Waals surface area (Å²) in [4.78, 5) is 0. The van der Waals surface area contributed by atoms with E-state index < -0.39 is 0 Å². The summed E-state index contributed by atoms with van der Waals surface area (Å²) in [5.41, 5.74) is 0. The van der Waals surface area contributed by atoms with Gasteiger partial charge in [-0.05, 0) is 31.1 Å². The van der Waals surface area contributed by atoms with Gasteiger partial charge in [-0.2, -0.15) is 0 Å². The number of allylic oxidation sites excluding steroid dienone is 1. The van der Waals surface area contributed by atoms with Crippen LogP contribution < -0.4 is 0 Å². The fourth-order valence-electron chi connectivity index (χ4n) is 1.12. The first kappa shape index (κ1) is 5.87. The highest BCUT2D eigenvalue weighted by atomic mass is 14.3. The van der Waals surface area contributed by atoms with Gasteiger partial charge in [-0.3, -0.25) is 0 Å². The molecule has 0 aromatic carbocycles. The highest BCUT2D eigenvalue weighted by molar-refractivity contribution is 4.83. The molecule has 1 fully saturated rings. The Morgan fingerprint density at radius 3 is 2.75 bits per heavy atom. The van der Waals surface area contributed by atoms with E-state index in [9.17, 15) is 0 Å². The van der Waals surface area contributed by atoms with Crippen LogP contribution in [-0.4, -0.2) is 0 Å². The second-order valence-corrected chi connectivity index (χ2v) is 2.84. The fraction of sp³-hybridized carbons (Fsp3) is 0.750. The fourth-order valence-corrected chi connectivity index (χ4v) is 1.12. The Morgan fingerprint density at radius 1 is 1.75 bits per heavy atom. The molecule has 1 atom stereocenters. The second-order valence-electron chi connectivity index (χ2n) is 2.84. The quantitative estimate of drug-likeness (QED) is 0.490. The molecule has 1 unspecified atom stereocenters. The molecular formula is C8H14. The molecule has 1 aliphatic carbocycles. The van der Waals surface area contributed by atoms with Crippen LogP contribution in [0.4, 0.5) is 0 Å². The largest absolute Gasteiger partial charge is 0.103 e. The van der Waals surface area contributed by atoms with E-state index in [1.165, 1.54) is 19.3 Å². The van der Waals surface area contributed by atoms with E-state index in [1.54, 1.807) is 0 Å². The van der Waals surface area contributed by atoms with Gasteiger partial charge in [0.2, 0.25) is 0 Å². The van der Waals surface area contributed by atoms with Gasteiger partial charge in [0, 0.05) is 0 Å². The normalized spacial score (nSPS) is 22.6. The van der Waals surface area contributed by atoms with Crippen LogP contribution >= 0.6 is 0 Å². The Kier molecular flexibility index (Phi) is 1.72. The minimum Gasteiger partial charge on any atom is -0.103 e. The Labute approximate surface area is 51.6 Å². The molecule has 46 valence electrons. The molecular weight excluding hydrogens is 96.1 g/mol. The minimum absolute atomic E-state index is 0.910. The third kappa shape index (κ3) is 1.36. The standard InChI is InChI=1S/C8H14/c1-3-4-7(2)8-5-6-8/h3,7-8H,1,4-6H2,2H3. The number of rotatable bonds is 3. The van der Waals surface area contributed by atoms with Gasteiger partial charge < -0.3 is 0 Å². The first-order valence-electron chi connectivity index (χ1n) is 3.45. The summed E-state index contributed by atoms with van der Waals surface area (Å²) in [5.74, 6) is 1.96. The lowest BCUT2D eigenvalue weighted by molar-refractivity contribution is 0.517. The van der Waals surface area contributed by atoms with Crippen molar-refractivity contribution in [2.24, 2.45) is 11.8 Å². The van der Waals surface area contributed by atoms with Gasteiger partial charge in [-0.15, -0.1) is 6.58 Å². The summed E-state index contributed by atoms with van der Waals surface area (Å²) in [5, 5.41) is 0. The van der Waals surface area contributed by atoms with E-state index in [0.29, 0.717) is 0 Å². The maximum Gasteiger partial charge on any atom is -0.0325 e. The lowest BCUT2D eigenvalue weighted by atomic mass is 10.0. The van der Waals surface area contributed by atoms with Gasteiger partial charge in [0.15, 0.2) is 0 Å². The van der Waals surface area contributed by atoms with E-state index >= 15 is 0 Å². The molecule has 0 radical (unpaired) electrons. The van der Waals surface area contributed by atoms with Crippen molar-refractivity contribution in [2.75, 3.05) is 0 Å². The molecule has 0 heteroatoms. The van der Waals surface area contributed by atoms with E-state index in [1.807, 2.05) is 6.08 Å². The zero-order valence-electron chi connectivity index (χ0n) is 5.56. The molecule has 0 bridgehead atoms. The lowest BCUT2D eigenvalue weighted by Crippen LogP contribution is -1.92. The zero-order chi connectivity index (χ0) is 5.98. The highest BCUT2D eigenvalue weighted by Crippen LogP contribution is 2.38. The maximum absolute atomic E-state index is 3.71. The van der Waals surface area contributed by atoms with Crippen LogP contribution in [0.5, 0.6) is 0 Å². The zero-order valence-corrected chi connectivity index (χ0v) is 5.56. The molecule has 1 saturated carbocycles. The Morgan fingerprint density at radius 2 is 2.38 bits per heavy atom. The van der Waals surface area contributed by atoms with Crippen molar-refractivity contribution in [3.63, 3.8) is 0 Å². The van der Waals surface area contributed by atoms with Gasteiger partial charge in [0.05, 0.1) is 0 Å². The molecule has 0 amide bonds. The van der Waals surface area contributed by atoms with Gasteiger partial charge in [0.25, 0.3) is 0 Å². The SMILES string of the molecule is C=CCC(C)C1CC1. The topological polar surface area (TPSA) is 0 Å². The summed E-state index contributed by atoms with van der Waals surface area (Å²) in [6.45, 7) is 6.03. The van der Waals surface area contributed by atoms with Crippen molar-refractivity contribution in [2.45, 2.75) is 26.2 Å². The average molecular weight is 110 g/mol. The van der Waals surface area contributed by atoms with E-state index in [2.05, 4.69) is 13.5 Å². The van der Waals surface area contributed by atoms with Crippen molar-refractivity contribution in [3.8, 4) is 0 Å². The molecule has 0 aromatic heterocycles. The molecule has 0 spiro atoms. The van der Waals surface area contributed by atoms with Crippen LogP contribution in [-0.2, 0) is 0 Å². The molecule has 0 heterocycles. The summed E-state index contributed by atoms with van der Waals surface area (Å²) in [6, 6.07) is 0. The first-order valence-corrected chi connectivity index (χ1v) is 3.45. The van der Waals surface area contributed by atoms with Gasteiger partial charge in [-0.25, -0.2) is 0 Å². The predicted molar refractivity (Wildman–Crippen MR) is 36.7 cm³/mol. The third-order valence-electron chi connectivity index (χ3n) is 1.97. The average Bonchev–Trinajstić information content (AvgIpc) is 2.45. The van der Waals surface area contributed by atoms with Crippen LogP contribution in [0.2, 0.25) is 0 Å². The summed E-state index contributed by atoms with van der Waals surface area (Å²) in [7, 11) is 0. The molecule has 0 aliphatic heterocycles. The highest BCUT2D eigenvalue weighted by Gasteiger charge is 2.26. The van der Waals surface area contributed by atoms with Crippen LogP contribution in [0.15, 0.2) is 12.7 Å². The van der Waals surface area contributed by atoms with Crippen LogP contribution in [0, 0.1) is 11.8 Å². The maximum atomic E-state index is 3.71. The molecule has 0 aromatic rings. The second kappa shape index (κ2) is 2.34. The van der Waals surface area contributed by atoms with Crippen LogP contribution in [0.25, 0.3) is 0 Å². The van der Waals surface area contributed by atoms with Crippen LogP contribution in [0.1, 0.15) is 26.2 Å². The van der Waals surface area contributed by atoms with Gasteiger partial charge in [-0.1, -0.05) is 13.0 Å². The van der Waals surface area contributed by atoms with Crippen molar-refractivity contribution in [1.29, 1.82) is 0 Å². The molecule has 0 saturated heterocycles. The van der Waals surface area contributed by atoms with Crippen molar-refractivity contribution >= 4 is 0 Å². The predicted octanol–water partition coefficient (Wildman–Crippen LogP) is 2.61. The monoisotopic (exact) mass is 110 g/mol. The van der Waals surface area contributed by atoms with E-state index in [0.717, 1.165) is 11.8 Å². The first-order chi connectivity index (χ1) is 3.84. The summed E-state index contributed by atoms with van der Waals surface area (Å²) >= 11 is 0. The third-order valence-corrected chi connectivity index (χ3v) is 1.97. The summed E-state index contributed by atoms with van der Waals surface area (Å²) in [6.07, 6.45) is 6.18. The molecule has 8 heavy (non-hydrogen) atoms. The molecule has 0 nitrogen and oxygen atoms in total.